The number of halogens is 4. The molecule has 5 nitrogen and oxygen atoms in total. The van der Waals surface area contributed by atoms with E-state index in [0.717, 1.165) is 0 Å². The highest BCUT2D eigenvalue weighted by Gasteiger charge is 2.33. The van der Waals surface area contributed by atoms with E-state index in [1.165, 1.54) is 24.3 Å². The average Bonchev–Trinajstić information content (AvgIpc) is 2.45. The van der Waals surface area contributed by atoms with Crippen LogP contribution in [0.1, 0.15) is 16.1 Å². The predicted octanol–water partition coefficient (Wildman–Crippen LogP) is 1.97. The zero-order valence-electron chi connectivity index (χ0n) is 10.8. The van der Waals surface area contributed by atoms with Crippen molar-refractivity contribution in [3.8, 4) is 5.69 Å². The van der Waals surface area contributed by atoms with Crippen LogP contribution in [-0.2, 0) is 6.18 Å². The molecular formula is C13H8ClF3N2O3. The Morgan fingerprint density at radius 3 is 2.41 bits per heavy atom. The molecule has 0 spiro atoms. The second-order valence-electron chi connectivity index (χ2n) is 4.23. The number of rotatable bonds is 3. The maximum absolute atomic E-state index is 12.6. The number of ketones is 1. The molecule has 1 aromatic heterocycles. The van der Waals surface area contributed by atoms with Crippen LogP contribution in [0, 0.1) is 0 Å². The van der Waals surface area contributed by atoms with Crippen molar-refractivity contribution in [2.45, 2.75) is 6.18 Å². The summed E-state index contributed by atoms with van der Waals surface area (Å²) in [6.07, 6.45) is -4.86. The molecule has 116 valence electrons. The lowest BCUT2D eigenvalue weighted by Crippen LogP contribution is -2.36. The van der Waals surface area contributed by atoms with E-state index in [2.05, 4.69) is 0 Å². The third kappa shape index (κ3) is 2.96. The summed E-state index contributed by atoms with van der Waals surface area (Å²) in [7, 11) is 0. The van der Waals surface area contributed by atoms with Gasteiger partial charge in [0.15, 0.2) is 5.78 Å². The first kappa shape index (κ1) is 16.0. The number of hydrogen-bond acceptors (Lipinski definition) is 3. The third-order valence-corrected chi connectivity index (χ3v) is 3.05. The molecule has 0 amide bonds. The number of alkyl halides is 4. The Kier molecular flexibility index (Phi) is 4.23. The molecule has 22 heavy (non-hydrogen) atoms. The lowest BCUT2D eigenvalue weighted by molar-refractivity contribution is -0.141. The number of nitrogens with one attached hydrogen (secondary N) is 1. The highest BCUT2D eigenvalue weighted by molar-refractivity contribution is 6.30. The summed E-state index contributed by atoms with van der Waals surface area (Å²) in [5.41, 5.74) is -4.13. The van der Waals surface area contributed by atoms with Gasteiger partial charge in [0, 0.05) is 11.6 Å². The van der Waals surface area contributed by atoms with Gasteiger partial charge in [-0.25, -0.2) is 9.36 Å². The number of nitrogens with zero attached hydrogens (tertiary/aromatic N) is 1. The first-order valence-electron chi connectivity index (χ1n) is 5.88. The summed E-state index contributed by atoms with van der Waals surface area (Å²) in [5.74, 6) is -0.965. The number of Topliss-reactive ketones (excluding diaryl/α,β-unsaturated/α-hetero) is 1. The van der Waals surface area contributed by atoms with Gasteiger partial charge < -0.3 is 4.98 Å². The number of para-hydroxylation sites is 1. The lowest BCUT2D eigenvalue weighted by atomic mass is 10.1. The van der Waals surface area contributed by atoms with Crippen molar-refractivity contribution in [1.82, 2.24) is 9.55 Å². The van der Waals surface area contributed by atoms with Crippen LogP contribution in [0.2, 0.25) is 0 Å². The van der Waals surface area contributed by atoms with E-state index in [-0.39, 0.29) is 17.3 Å². The molecule has 0 saturated heterocycles. The molecule has 2 rings (SSSR count). The molecule has 0 radical (unpaired) electrons. The topological polar surface area (TPSA) is 71.9 Å². The van der Waals surface area contributed by atoms with E-state index in [4.69, 9.17) is 11.6 Å². The predicted molar refractivity (Wildman–Crippen MR) is 72.7 cm³/mol. The minimum atomic E-state index is -4.86. The SMILES string of the molecule is O=C(CCl)c1ccccc1-n1c(=O)cc(C(F)(F)F)[nH]c1=O. The minimum Gasteiger partial charge on any atom is -0.303 e. The van der Waals surface area contributed by atoms with Gasteiger partial charge in [0.2, 0.25) is 0 Å². The van der Waals surface area contributed by atoms with Gasteiger partial charge in [0.25, 0.3) is 5.56 Å². The second-order valence-corrected chi connectivity index (χ2v) is 4.50. The van der Waals surface area contributed by atoms with Gasteiger partial charge in [-0.15, -0.1) is 11.6 Å². The van der Waals surface area contributed by atoms with Gasteiger partial charge >= 0.3 is 11.9 Å². The zero-order chi connectivity index (χ0) is 16.5. The maximum Gasteiger partial charge on any atom is 0.431 e. The van der Waals surface area contributed by atoms with Crippen molar-refractivity contribution >= 4 is 17.4 Å². The molecule has 2 aromatic rings. The molecule has 1 N–H and O–H groups in total. The van der Waals surface area contributed by atoms with Crippen LogP contribution >= 0.6 is 11.6 Å². The van der Waals surface area contributed by atoms with Crippen molar-refractivity contribution in [2.24, 2.45) is 0 Å². The summed E-state index contributed by atoms with van der Waals surface area (Å²) in [6.45, 7) is 0. The van der Waals surface area contributed by atoms with E-state index < -0.39 is 34.8 Å². The molecule has 0 aliphatic heterocycles. The number of carbonyl (C=O) groups is 1. The molecule has 0 aliphatic rings. The van der Waals surface area contributed by atoms with Gasteiger partial charge in [-0.1, -0.05) is 12.1 Å². The van der Waals surface area contributed by atoms with Crippen molar-refractivity contribution in [3.05, 3.63) is 62.4 Å². The van der Waals surface area contributed by atoms with Crippen LogP contribution in [0.15, 0.2) is 39.9 Å². The Hall–Kier alpha value is -2.35. The number of carbonyl (C=O) groups excluding carboxylic acids is 1. The molecule has 0 atom stereocenters. The molecule has 0 aliphatic carbocycles. The Balaban J connectivity index is 2.73. The number of aromatic amines is 1. The lowest BCUT2D eigenvalue weighted by Gasteiger charge is -2.11. The van der Waals surface area contributed by atoms with Gasteiger partial charge in [0.1, 0.15) is 5.69 Å². The second kappa shape index (κ2) is 5.80. The molecule has 1 heterocycles. The summed E-state index contributed by atoms with van der Waals surface area (Å²) in [6, 6.07) is 5.76. The smallest absolute Gasteiger partial charge is 0.303 e. The van der Waals surface area contributed by atoms with Crippen LogP contribution in [0.25, 0.3) is 5.69 Å². The number of aromatic nitrogens is 2. The number of benzene rings is 1. The summed E-state index contributed by atoms with van der Waals surface area (Å²) in [5, 5.41) is 0. The average molecular weight is 333 g/mol. The Labute approximate surface area is 126 Å². The molecule has 0 saturated carbocycles. The van der Waals surface area contributed by atoms with Gasteiger partial charge in [-0.3, -0.25) is 9.59 Å². The highest BCUT2D eigenvalue weighted by Crippen LogP contribution is 2.25. The monoisotopic (exact) mass is 332 g/mol. The van der Waals surface area contributed by atoms with E-state index in [1.54, 1.807) is 4.98 Å². The van der Waals surface area contributed by atoms with Crippen molar-refractivity contribution in [3.63, 3.8) is 0 Å². The standard InChI is InChI=1S/C13H8ClF3N2O3/c14-6-9(20)7-3-1-2-4-8(7)19-11(21)5-10(13(15,16)17)18-12(19)22/h1-5H,6H2,(H,18,22). The highest BCUT2D eigenvalue weighted by atomic mass is 35.5. The first-order valence-corrected chi connectivity index (χ1v) is 6.41. The summed E-state index contributed by atoms with van der Waals surface area (Å²) >= 11 is 5.44. The Morgan fingerprint density at radius 1 is 1.23 bits per heavy atom. The largest absolute Gasteiger partial charge is 0.431 e. The fourth-order valence-corrected chi connectivity index (χ4v) is 2.00. The normalized spacial score (nSPS) is 11.5. The molecular weight excluding hydrogens is 325 g/mol. The van der Waals surface area contributed by atoms with Crippen LogP contribution in [0.3, 0.4) is 0 Å². The van der Waals surface area contributed by atoms with E-state index in [9.17, 15) is 27.6 Å². The zero-order valence-corrected chi connectivity index (χ0v) is 11.5. The molecule has 0 fully saturated rings. The summed E-state index contributed by atoms with van der Waals surface area (Å²) in [4.78, 5) is 37.0. The number of hydrogen-bond donors (Lipinski definition) is 1. The first-order chi connectivity index (χ1) is 10.3. The molecule has 9 heteroatoms. The fourth-order valence-electron chi connectivity index (χ4n) is 1.85. The van der Waals surface area contributed by atoms with Gasteiger partial charge in [-0.2, -0.15) is 13.2 Å². The van der Waals surface area contributed by atoms with Crippen LogP contribution < -0.4 is 11.2 Å². The van der Waals surface area contributed by atoms with E-state index >= 15 is 0 Å². The molecule has 1 aromatic carbocycles. The molecule has 0 bridgehead atoms. The van der Waals surface area contributed by atoms with Gasteiger partial charge in [0.05, 0.1) is 11.6 Å². The van der Waals surface area contributed by atoms with Crippen LogP contribution in [0.5, 0.6) is 0 Å². The third-order valence-electron chi connectivity index (χ3n) is 2.81. The van der Waals surface area contributed by atoms with Crippen molar-refractivity contribution in [2.75, 3.05) is 5.88 Å². The maximum atomic E-state index is 12.6. The van der Waals surface area contributed by atoms with Crippen LogP contribution in [-0.4, -0.2) is 21.2 Å². The van der Waals surface area contributed by atoms with Crippen molar-refractivity contribution in [1.29, 1.82) is 0 Å². The molecule has 0 unspecified atom stereocenters. The quantitative estimate of drug-likeness (QED) is 0.690. The Morgan fingerprint density at radius 2 is 1.86 bits per heavy atom. The van der Waals surface area contributed by atoms with Gasteiger partial charge in [-0.05, 0) is 12.1 Å². The van der Waals surface area contributed by atoms with E-state index in [0.29, 0.717) is 4.57 Å². The van der Waals surface area contributed by atoms with E-state index in [1.807, 2.05) is 0 Å². The summed E-state index contributed by atoms with van der Waals surface area (Å²) < 4.78 is 38.1. The fraction of sp³-hybridized carbons (Fsp3) is 0.154. The Bertz CT molecular complexity index is 808. The van der Waals surface area contributed by atoms with Crippen LogP contribution in [0.4, 0.5) is 13.2 Å². The number of H-pyrrole nitrogens is 1. The minimum absolute atomic E-state index is 0.0372. The van der Waals surface area contributed by atoms with Crippen molar-refractivity contribution < 1.29 is 18.0 Å².